The van der Waals surface area contributed by atoms with E-state index in [0.717, 1.165) is 23.6 Å². The van der Waals surface area contributed by atoms with Crippen LogP contribution < -0.4 is 0 Å². The lowest BCUT2D eigenvalue weighted by Crippen LogP contribution is -2.18. The van der Waals surface area contributed by atoms with Gasteiger partial charge in [-0.15, -0.1) is 0 Å². The van der Waals surface area contributed by atoms with Gasteiger partial charge < -0.3 is 4.74 Å². The van der Waals surface area contributed by atoms with Crippen molar-refractivity contribution < 1.29 is 4.74 Å². The van der Waals surface area contributed by atoms with Gasteiger partial charge in [0.1, 0.15) is 0 Å². The summed E-state index contributed by atoms with van der Waals surface area (Å²) in [6, 6.07) is 7.85. The fourth-order valence-electron chi connectivity index (χ4n) is 1.22. The summed E-state index contributed by atoms with van der Waals surface area (Å²) in [7, 11) is 0. The molecule has 0 aliphatic carbocycles. The van der Waals surface area contributed by atoms with Gasteiger partial charge in [0.15, 0.2) is 0 Å². The van der Waals surface area contributed by atoms with Crippen molar-refractivity contribution in [3.8, 4) is 0 Å². The van der Waals surface area contributed by atoms with Crippen LogP contribution in [0.3, 0.4) is 0 Å². The van der Waals surface area contributed by atoms with Gasteiger partial charge in [-0.05, 0) is 11.6 Å². The molecular formula is C9H9ClO. The average Bonchev–Trinajstić information content (AvgIpc) is 1.90. The molecule has 1 fully saturated rings. The van der Waals surface area contributed by atoms with Gasteiger partial charge in [0, 0.05) is 11.4 Å². The molecule has 0 bridgehead atoms. The zero-order valence-electron chi connectivity index (χ0n) is 6.09. The molecular weight excluding hydrogens is 160 g/mol. The highest BCUT2D eigenvalue weighted by Gasteiger charge is 2.21. The summed E-state index contributed by atoms with van der Waals surface area (Å²) in [4.78, 5) is 0. The average molecular weight is 169 g/mol. The molecule has 11 heavy (non-hydrogen) atoms. The Hall–Kier alpha value is -0.530. The summed E-state index contributed by atoms with van der Waals surface area (Å²) >= 11 is 5.95. The summed E-state index contributed by atoms with van der Waals surface area (Å²) in [5.41, 5.74) is 1.13. The van der Waals surface area contributed by atoms with E-state index in [1.807, 2.05) is 24.3 Å². The van der Waals surface area contributed by atoms with Crippen LogP contribution in [0.1, 0.15) is 18.1 Å². The maximum Gasteiger partial charge on any atom is 0.0861 e. The van der Waals surface area contributed by atoms with Crippen LogP contribution in [0.4, 0.5) is 0 Å². The molecule has 1 atom stereocenters. The maximum absolute atomic E-state index is 5.95. The largest absolute Gasteiger partial charge is 0.373 e. The minimum Gasteiger partial charge on any atom is -0.373 e. The molecule has 0 aromatic heterocycles. The third-order valence-electron chi connectivity index (χ3n) is 1.95. The second-order valence-electron chi connectivity index (χ2n) is 2.67. The van der Waals surface area contributed by atoms with Crippen LogP contribution in [0.5, 0.6) is 0 Å². The number of benzene rings is 1. The van der Waals surface area contributed by atoms with Crippen LogP contribution in [-0.2, 0) is 4.74 Å². The molecule has 58 valence electrons. The molecule has 0 spiro atoms. The first-order valence-corrected chi connectivity index (χ1v) is 4.12. The lowest BCUT2D eigenvalue weighted by molar-refractivity contribution is -0.0526. The fourth-order valence-corrected chi connectivity index (χ4v) is 1.47. The Morgan fingerprint density at radius 1 is 1.36 bits per heavy atom. The molecule has 2 rings (SSSR count). The summed E-state index contributed by atoms with van der Waals surface area (Å²) in [6.45, 7) is 0.871. The van der Waals surface area contributed by atoms with Gasteiger partial charge >= 0.3 is 0 Å². The quantitative estimate of drug-likeness (QED) is 0.627. The zero-order chi connectivity index (χ0) is 7.68. The molecule has 0 radical (unpaired) electrons. The Bertz CT molecular complexity index is 255. The number of rotatable bonds is 1. The van der Waals surface area contributed by atoms with Crippen molar-refractivity contribution in [2.75, 3.05) is 6.61 Å². The van der Waals surface area contributed by atoms with E-state index in [1.165, 1.54) is 0 Å². The Kier molecular flexibility index (Phi) is 1.84. The number of ether oxygens (including phenoxy) is 1. The molecule has 1 unspecified atom stereocenters. The summed E-state index contributed by atoms with van der Waals surface area (Å²) < 4.78 is 5.31. The van der Waals surface area contributed by atoms with Crippen LogP contribution in [0, 0.1) is 0 Å². The van der Waals surface area contributed by atoms with Crippen molar-refractivity contribution in [3.63, 3.8) is 0 Å². The summed E-state index contributed by atoms with van der Waals surface area (Å²) in [6.07, 6.45) is 1.35. The number of halogens is 1. The third kappa shape index (κ3) is 1.26. The predicted octanol–water partition coefficient (Wildman–Crippen LogP) is 2.80. The van der Waals surface area contributed by atoms with Crippen molar-refractivity contribution in [1.82, 2.24) is 0 Å². The van der Waals surface area contributed by atoms with Crippen molar-refractivity contribution in [1.29, 1.82) is 0 Å². The topological polar surface area (TPSA) is 9.23 Å². The van der Waals surface area contributed by atoms with Crippen molar-refractivity contribution >= 4 is 11.6 Å². The normalized spacial score (nSPS) is 22.8. The Morgan fingerprint density at radius 2 is 2.09 bits per heavy atom. The van der Waals surface area contributed by atoms with Crippen LogP contribution in [0.15, 0.2) is 24.3 Å². The molecule has 0 N–H and O–H groups in total. The van der Waals surface area contributed by atoms with E-state index in [1.54, 1.807) is 0 Å². The number of hydrogen-bond donors (Lipinski definition) is 0. The van der Waals surface area contributed by atoms with Crippen LogP contribution >= 0.6 is 11.6 Å². The molecule has 1 aliphatic heterocycles. The second kappa shape index (κ2) is 2.84. The van der Waals surface area contributed by atoms with Gasteiger partial charge in [0.25, 0.3) is 0 Å². The van der Waals surface area contributed by atoms with Gasteiger partial charge in [0.2, 0.25) is 0 Å². The maximum atomic E-state index is 5.95. The Balaban J connectivity index is 2.28. The highest BCUT2D eigenvalue weighted by molar-refractivity contribution is 6.31. The van der Waals surface area contributed by atoms with Gasteiger partial charge in [-0.1, -0.05) is 29.8 Å². The first kappa shape index (κ1) is 7.14. The molecule has 1 aromatic rings. The van der Waals surface area contributed by atoms with E-state index >= 15 is 0 Å². The van der Waals surface area contributed by atoms with Crippen molar-refractivity contribution in [2.45, 2.75) is 12.5 Å². The summed E-state index contributed by atoms with van der Waals surface area (Å²) in [5, 5.41) is 0.817. The first-order chi connectivity index (χ1) is 5.38. The first-order valence-electron chi connectivity index (χ1n) is 3.74. The van der Waals surface area contributed by atoms with E-state index in [-0.39, 0.29) is 6.10 Å². The van der Waals surface area contributed by atoms with Crippen molar-refractivity contribution in [2.24, 2.45) is 0 Å². The van der Waals surface area contributed by atoms with E-state index in [9.17, 15) is 0 Å². The van der Waals surface area contributed by atoms with Crippen LogP contribution in [-0.4, -0.2) is 6.61 Å². The molecule has 1 saturated heterocycles. The Morgan fingerprint density at radius 3 is 2.64 bits per heavy atom. The predicted molar refractivity (Wildman–Crippen MR) is 44.8 cm³/mol. The van der Waals surface area contributed by atoms with E-state index in [2.05, 4.69) is 0 Å². The van der Waals surface area contributed by atoms with Gasteiger partial charge in [-0.2, -0.15) is 0 Å². The molecule has 1 heterocycles. The van der Waals surface area contributed by atoms with Crippen LogP contribution in [0.2, 0.25) is 5.02 Å². The van der Waals surface area contributed by atoms with E-state index in [4.69, 9.17) is 16.3 Å². The third-order valence-corrected chi connectivity index (χ3v) is 2.30. The molecule has 2 heteroatoms. The van der Waals surface area contributed by atoms with Gasteiger partial charge in [-0.3, -0.25) is 0 Å². The smallest absolute Gasteiger partial charge is 0.0861 e. The molecule has 1 nitrogen and oxygen atoms in total. The standard InChI is InChI=1S/C9H9ClO/c10-8-4-2-1-3-7(8)9-5-6-11-9/h1-4,9H,5-6H2. The number of hydrogen-bond acceptors (Lipinski definition) is 1. The Labute approximate surface area is 70.9 Å². The highest BCUT2D eigenvalue weighted by Crippen LogP contribution is 2.33. The van der Waals surface area contributed by atoms with Crippen molar-refractivity contribution in [3.05, 3.63) is 34.9 Å². The van der Waals surface area contributed by atoms with E-state index in [0.29, 0.717) is 0 Å². The van der Waals surface area contributed by atoms with Gasteiger partial charge in [-0.25, -0.2) is 0 Å². The minimum absolute atomic E-state index is 0.253. The van der Waals surface area contributed by atoms with Crippen LogP contribution in [0.25, 0.3) is 0 Å². The lowest BCUT2D eigenvalue weighted by atomic mass is 10.0. The second-order valence-corrected chi connectivity index (χ2v) is 3.08. The lowest BCUT2D eigenvalue weighted by Gasteiger charge is -2.27. The summed E-state index contributed by atoms with van der Waals surface area (Å²) in [5.74, 6) is 0. The van der Waals surface area contributed by atoms with E-state index < -0.39 is 0 Å². The SMILES string of the molecule is Clc1ccccc1C1CCO1. The highest BCUT2D eigenvalue weighted by atomic mass is 35.5. The fraction of sp³-hybridized carbons (Fsp3) is 0.333. The van der Waals surface area contributed by atoms with Gasteiger partial charge in [0.05, 0.1) is 12.7 Å². The monoisotopic (exact) mass is 168 g/mol. The minimum atomic E-state index is 0.253. The molecule has 1 aromatic carbocycles. The molecule has 0 amide bonds. The zero-order valence-corrected chi connectivity index (χ0v) is 6.84. The molecule has 1 aliphatic rings. The molecule has 0 saturated carbocycles.